The van der Waals surface area contributed by atoms with E-state index in [9.17, 15) is 4.79 Å². The molecule has 3 nitrogen and oxygen atoms in total. The van der Waals surface area contributed by atoms with Crippen LogP contribution >= 0.6 is 15.9 Å². The average Bonchev–Trinajstić information content (AvgIpc) is 2.97. The summed E-state index contributed by atoms with van der Waals surface area (Å²) in [7, 11) is 0. The van der Waals surface area contributed by atoms with Crippen molar-refractivity contribution in [1.82, 2.24) is 0 Å². The van der Waals surface area contributed by atoms with Gasteiger partial charge in [-0.2, -0.15) is 10.2 Å². The molecule has 0 amide bonds. The lowest BCUT2D eigenvalue weighted by molar-refractivity contribution is 0.0956. The van der Waals surface area contributed by atoms with Gasteiger partial charge in [-0.25, -0.2) is 0 Å². The quantitative estimate of drug-likeness (QED) is 0.776. The van der Waals surface area contributed by atoms with E-state index in [-0.39, 0.29) is 11.7 Å². The number of rotatable bonds is 3. The second kappa shape index (κ2) is 5.67. The van der Waals surface area contributed by atoms with E-state index in [2.05, 4.69) is 26.2 Å². The highest BCUT2D eigenvalue weighted by Crippen LogP contribution is 2.30. The van der Waals surface area contributed by atoms with Crippen molar-refractivity contribution in [1.29, 1.82) is 0 Å². The first-order valence-electron chi connectivity index (χ1n) is 6.47. The van der Waals surface area contributed by atoms with E-state index in [0.29, 0.717) is 12.1 Å². The van der Waals surface area contributed by atoms with Crippen LogP contribution in [0.15, 0.2) is 69.3 Å². The second-order valence-electron chi connectivity index (χ2n) is 4.77. The fourth-order valence-corrected chi connectivity index (χ4v) is 2.68. The van der Waals surface area contributed by atoms with E-state index in [1.807, 2.05) is 54.6 Å². The van der Waals surface area contributed by atoms with Crippen LogP contribution < -0.4 is 0 Å². The Morgan fingerprint density at radius 1 is 1.05 bits per heavy atom. The van der Waals surface area contributed by atoms with Gasteiger partial charge in [0.25, 0.3) is 0 Å². The van der Waals surface area contributed by atoms with Crippen molar-refractivity contribution in [3.63, 3.8) is 0 Å². The van der Waals surface area contributed by atoms with Gasteiger partial charge in [-0.15, -0.1) is 0 Å². The number of hydrogen-bond donors (Lipinski definition) is 0. The van der Waals surface area contributed by atoms with E-state index in [0.717, 1.165) is 10.0 Å². The van der Waals surface area contributed by atoms with Crippen molar-refractivity contribution in [3.8, 4) is 0 Å². The summed E-state index contributed by atoms with van der Waals surface area (Å²) in [6.45, 7) is 0.580. The third-order valence-electron chi connectivity index (χ3n) is 3.49. The zero-order valence-corrected chi connectivity index (χ0v) is 12.3. The van der Waals surface area contributed by atoms with Crippen LogP contribution in [0, 0.1) is 0 Å². The summed E-state index contributed by atoms with van der Waals surface area (Å²) in [5.74, 6) is 0.0833. The number of hydrogen-bond acceptors (Lipinski definition) is 3. The SMILES string of the molecule is O=C(c1ccc(Br)cc1)[C@@H]1N=NC[C@@H]1c1ccccc1. The summed E-state index contributed by atoms with van der Waals surface area (Å²) in [5, 5.41) is 8.24. The Hall–Kier alpha value is -1.81. The number of ketones is 1. The van der Waals surface area contributed by atoms with E-state index < -0.39 is 6.04 Å². The molecule has 0 fully saturated rings. The molecular formula is C16H13BrN2O. The summed E-state index contributed by atoms with van der Waals surface area (Å²) < 4.78 is 0.960. The van der Waals surface area contributed by atoms with E-state index in [4.69, 9.17) is 0 Å². The van der Waals surface area contributed by atoms with Crippen molar-refractivity contribution < 1.29 is 4.79 Å². The Morgan fingerprint density at radius 2 is 1.75 bits per heavy atom. The van der Waals surface area contributed by atoms with Crippen molar-refractivity contribution in [2.24, 2.45) is 10.2 Å². The van der Waals surface area contributed by atoms with Gasteiger partial charge in [-0.05, 0) is 17.7 Å². The molecule has 1 aliphatic rings. The highest BCUT2D eigenvalue weighted by molar-refractivity contribution is 9.10. The molecule has 0 bridgehead atoms. The van der Waals surface area contributed by atoms with Crippen molar-refractivity contribution >= 4 is 21.7 Å². The lowest BCUT2D eigenvalue weighted by atomic mass is 9.88. The van der Waals surface area contributed by atoms with Crippen molar-refractivity contribution in [2.75, 3.05) is 6.54 Å². The maximum Gasteiger partial charge on any atom is 0.189 e. The smallest absolute Gasteiger partial charge is 0.189 e. The average molecular weight is 329 g/mol. The molecule has 0 saturated carbocycles. The Morgan fingerprint density at radius 3 is 2.45 bits per heavy atom. The molecular weight excluding hydrogens is 316 g/mol. The Balaban J connectivity index is 1.87. The fourth-order valence-electron chi connectivity index (χ4n) is 2.41. The van der Waals surface area contributed by atoms with Crippen LogP contribution in [0.1, 0.15) is 21.8 Å². The van der Waals surface area contributed by atoms with Crippen molar-refractivity contribution in [3.05, 3.63) is 70.2 Å². The Labute approximate surface area is 125 Å². The molecule has 0 radical (unpaired) electrons. The van der Waals surface area contributed by atoms with Gasteiger partial charge < -0.3 is 0 Å². The molecule has 0 aliphatic carbocycles. The number of Topliss-reactive ketones (excluding diaryl/α,β-unsaturated/α-hetero) is 1. The summed E-state index contributed by atoms with van der Waals surface area (Å²) >= 11 is 3.37. The van der Waals surface area contributed by atoms with Crippen LogP contribution in [0.5, 0.6) is 0 Å². The summed E-state index contributed by atoms with van der Waals surface area (Å²) in [6, 6.07) is 17.0. The standard InChI is InChI=1S/C16H13BrN2O/c17-13-8-6-12(7-9-13)16(20)15-14(10-18-19-15)11-4-2-1-3-5-11/h1-9,14-15H,10H2/t14-,15-/m1/s1. The monoisotopic (exact) mass is 328 g/mol. The zero-order valence-electron chi connectivity index (χ0n) is 10.7. The number of halogens is 1. The Kier molecular flexibility index (Phi) is 3.74. The number of benzene rings is 2. The lowest BCUT2D eigenvalue weighted by Gasteiger charge is -2.15. The number of carbonyl (C=O) groups is 1. The largest absolute Gasteiger partial charge is 0.292 e. The van der Waals surface area contributed by atoms with Crippen LogP contribution in [-0.2, 0) is 0 Å². The normalized spacial score (nSPS) is 21.1. The van der Waals surface area contributed by atoms with Crippen LogP contribution in [0.2, 0.25) is 0 Å². The first-order chi connectivity index (χ1) is 9.75. The highest BCUT2D eigenvalue weighted by Gasteiger charge is 2.33. The predicted octanol–water partition coefficient (Wildman–Crippen LogP) is 4.25. The maximum atomic E-state index is 12.6. The molecule has 0 N–H and O–H groups in total. The first-order valence-corrected chi connectivity index (χ1v) is 7.26. The van der Waals surface area contributed by atoms with Gasteiger partial charge in [0.1, 0.15) is 6.04 Å². The van der Waals surface area contributed by atoms with E-state index in [1.165, 1.54) is 0 Å². The molecule has 2 aromatic carbocycles. The zero-order chi connectivity index (χ0) is 13.9. The predicted molar refractivity (Wildman–Crippen MR) is 81.2 cm³/mol. The summed E-state index contributed by atoms with van der Waals surface area (Å²) in [5.41, 5.74) is 1.80. The number of nitrogens with zero attached hydrogens (tertiary/aromatic N) is 2. The third-order valence-corrected chi connectivity index (χ3v) is 4.02. The first kappa shape index (κ1) is 13.2. The molecule has 2 atom stereocenters. The molecule has 0 saturated heterocycles. The van der Waals surface area contributed by atoms with E-state index in [1.54, 1.807) is 0 Å². The van der Waals surface area contributed by atoms with Crippen molar-refractivity contribution in [2.45, 2.75) is 12.0 Å². The van der Waals surface area contributed by atoms with Gasteiger partial charge in [0, 0.05) is 16.0 Å². The molecule has 100 valence electrons. The van der Waals surface area contributed by atoms with Crippen LogP contribution in [-0.4, -0.2) is 18.4 Å². The molecule has 0 spiro atoms. The minimum absolute atomic E-state index is 0.0348. The fraction of sp³-hybridized carbons (Fsp3) is 0.188. The van der Waals surface area contributed by atoms with Gasteiger partial charge in [0.05, 0.1) is 6.54 Å². The van der Waals surface area contributed by atoms with Gasteiger partial charge in [-0.1, -0.05) is 58.4 Å². The van der Waals surface area contributed by atoms with Crippen LogP contribution in [0.3, 0.4) is 0 Å². The lowest BCUT2D eigenvalue weighted by Crippen LogP contribution is -2.24. The molecule has 1 heterocycles. The maximum absolute atomic E-state index is 12.6. The number of carbonyl (C=O) groups excluding carboxylic acids is 1. The minimum Gasteiger partial charge on any atom is -0.292 e. The topological polar surface area (TPSA) is 41.8 Å². The molecule has 0 unspecified atom stereocenters. The second-order valence-corrected chi connectivity index (χ2v) is 5.69. The van der Waals surface area contributed by atoms with Gasteiger partial charge >= 0.3 is 0 Å². The van der Waals surface area contributed by atoms with Gasteiger partial charge in [0.15, 0.2) is 5.78 Å². The summed E-state index contributed by atoms with van der Waals surface area (Å²) in [4.78, 5) is 12.6. The third kappa shape index (κ3) is 2.56. The minimum atomic E-state index is -0.404. The van der Waals surface area contributed by atoms with Gasteiger partial charge in [0.2, 0.25) is 0 Å². The Bertz CT molecular complexity index is 637. The van der Waals surface area contributed by atoms with Gasteiger partial charge in [-0.3, -0.25) is 4.79 Å². The molecule has 2 aromatic rings. The molecule has 3 rings (SSSR count). The van der Waals surface area contributed by atoms with Crippen LogP contribution in [0.25, 0.3) is 0 Å². The molecule has 0 aromatic heterocycles. The van der Waals surface area contributed by atoms with Crippen LogP contribution in [0.4, 0.5) is 0 Å². The molecule has 20 heavy (non-hydrogen) atoms. The van der Waals surface area contributed by atoms with E-state index >= 15 is 0 Å². The number of azo groups is 1. The highest BCUT2D eigenvalue weighted by atomic mass is 79.9. The molecule has 4 heteroatoms. The molecule has 1 aliphatic heterocycles. The summed E-state index contributed by atoms with van der Waals surface area (Å²) in [6.07, 6.45) is 0.